The summed E-state index contributed by atoms with van der Waals surface area (Å²) >= 11 is 0. The number of aliphatic hydroxyl groups is 1. The van der Waals surface area contributed by atoms with Gasteiger partial charge in [0.2, 0.25) is 17.7 Å². The third-order valence-electron chi connectivity index (χ3n) is 6.03. The van der Waals surface area contributed by atoms with Crippen LogP contribution in [-0.4, -0.2) is 52.7 Å². The number of benzene rings is 2. The Bertz CT molecular complexity index is 949. The molecule has 0 aliphatic heterocycles. The van der Waals surface area contributed by atoms with Crippen molar-refractivity contribution in [1.29, 1.82) is 0 Å². The molecule has 2 aromatic rings. The van der Waals surface area contributed by atoms with Crippen molar-refractivity contribution in [2.24, 2.45) is 5.92 Å². The van der Waals surface area contributed by atoms with Crippen LogP contribution in [0.25, 0.3) is 0 Å². The van der Waals surface area contributed by atoms with E-state index in [0.717, 1.165) is 11.1 Å². The van der Waals surface area contributed by atoms with E-state index in [-0.39, 0.29) is 42.9 Å². The Balaban J connectivity index is 2.15. The van der Waals surface area contributed by atoms with E-state index in [2.05, 4.69) is 16.0 Å². The molecule has 0 heterocycles. The molecule has 0 bridgehead atoms. The molecule has 35 heavy (non-hydrogen) atoms. The van der Waals surface area contributed by atoms with Crippen LogP contribution in [0.4, 0.5) is 0 Å². The van der Waals surface area contributed by atoms with Crippen LogP contribution in [0.15, 0.2) is 54.6 Å². The van der Waals surface area contributed by atoms with Crippen molar-refractivity contribution >= 4 is 17.7 Å². The van der Waals surface area contributed by atoms with Crippen molar-refractivity contribution < 1.29 is 24.6 Å². The van der Waals surface area contributed by atoms with Gasteiger partial charge in [0.25, 0.3) is 0 Å². The summed E-state index contributed by atoms with van der Waals surface area (Å²) in [4.78, 5) is 38.5. The molecule has 8 heteroatoms. The highest BCUT2D eigenvalue weighted by molar-refractivity contribution is 5.92. The molecule has 0 aliphatic rings. The van der Waals surface area contributed by atoms with Gasteiger partial charge in [-0.1, -0.05) is 69.7 Å². The van der Waals surface area contributed by atoms with E-state index in [1.54, 1.807) is 19.1 Å². The summed E-state index contributed by atoms with van der Waals surface area (Å²) in [5, 5.41) is 27.8. The minimum absolute atomic E-state index is 0.106. The maximum Gasteiger partial charge on any atom is 0.243 e. The fraction of sp³-hybridized carbons (Fsp3) is 0.444. The Hall–Kier alpha value is -3.39. The van der Waals surface area contributed by atoms with Gasteiger partial charge in [-0.25, -0.2) is 0 Å². The first kappa shape index (κ1) is 27.9. The minimum Gasteiger partial charge on any atom is -0.508 e. The zero-order valence-corrected chi connectivity index (χ0v) is 20.7. The maximum atomic E-state index is 13.2. The fourth-order valence-electron chi connectivity index (χ4n) is 3.68. The first-order valence-electron chi connectivity index (χ1n) is 12.1. The van der Waals surface area contributed by atoms with Crippen LogP contribution in [0.3, 0.4) is 0 Å². The molecule has 190 valence electrons. The molecule has 0 spiro atoms. The van der Waals surface area contributed by atoms with Crippen LogP contribution < -0.4 is 16.0 Å². The highest BCUT2D eigenvalue weighted by atomic mass is 16.3. The number of hydrogen-bond acceptors (Lipinski definition) is 5. The number of phenolic OH excluding ortho intramolecular Hbond substituents is 1. The molecule has 4 atom stereocenters. The number of carbonyl (C=O) groups is 3. The number of nitrogens with one attached hydrogen (secondary N) is 3. The number of aliphatic hydroxyl groups excluding tert-OH is 1. The number of rotatable bonds is 13. The molecule has 2 aromatic carbocycles. The zero-order valence-electron chi connectivity index (χ0n) is 20.7. The topological polar surface area (TPSA) is 128 Å². The summed E-state index contributed by atoms with van der Waals surface area (Å²) in [5.74, 6) is -1.20. The van der Waals surface area contributed by atoms with Gasteiger partial charge in [-0.15, -0.1) is 0 Å². The fourth-order valence-corrected chi connectivity index (χ4v) is 3.68. The summed E-state index contributed by atoms with van der Waals surface area (Å²) in [5.41, 5.74) is 1.74. The van der Waals surface area contributed by atoms with Gasteiger partial charge in [0.15, 0.2) is 0 Å². The standard InChI is InChI=1S/C27H37N3O5/c1-4-18(3)25(27(35)28-21(17-31)15-19-9-7-6-8-10-19)30-26(34)23(29-24(33)5-2)16-20-11-13-22(32)14-12-20/h6-14,18,21,23,25,31-32H,4-5,15-17H2,1-3H3,(H,28,35)(H,29,33)(H,30,34). The lowest BCUT2D eigenvalue weighted by atomic mass is 9.96. The Morgan fingerprint density at radius 2 is 1.46 bits per heavy atom. The molecule has 0 aromatic heterocycles. The van der Waals surface area contributed by atoms with Crippen LogP contribution in [-0.2, 0) is 27.2 Å². The monoisotopic (exact) mass is 483 g/mol. The third-order valence-corrected chi connectivity index (χ3v) is 6.03. The third kappa shape index (κ3) is 9.05. The molecule has 8 nitrogen and oxygen atoms in total. The molecule has 0 saturated heterocycles. The van der Waals surface area contributed by atoms with Crippen molar-refractivity contribution in [1.82, 2.24) is 16.0 Å². The number of hydrogen-bond donors (Lipinski definition) is 5. The van der Waals surface area contributed by atoms with E-state index in [1.165, 1.54) is 12.1 Å². The van der Waals surface area contributed by atoms with E-state index in [4.69, 9.17) is 0 Å². The number of aromatic hydroxyl groups is 1. The van der Waals surface area contributed by atoms with E-state index >= 15 is 0 Å². The summed E-state index contributed by atoms with van der Waals surface area (Å²) in [6.07, 6.45) is 1.53. The number of phenols is 1. The van der Waals surface area contributed by atoms with Gasteiger partial charge in [-0.2, -0.15) is 0 Å². The first-order chi connectivity index (χ1) is 16.8. The maximum absolute atomic E-state index is 13.2. The molecule has 0 radical (unpaired) electrons. The normalized spacial score (nSPS) is 14.3. The number of amides is 3. The predicted molar refractivity (Wildman–Crippen MR) is 135 cm³/mol. The largest absolute Gasteiger partial charge is 0.508 e. The van der Waals surface area contributed by atoms with Gasteiger partial charge in [-0.3, -0.25) is 14.4 Å². The van der Waals surface area contributed by atoms with E-state index in [1.807, 2.05) is 44.2 Å². The smallest absolute Gasteiger partial charge is 0.243 e. The van der Waals surface area contributed by atoms with Crippen molar-refractivity contribution in [2.45, 2.75) is 64.6 Å². The Morgan fingerprint density at radius 1 is 0.829 bits per heavy atom. The summed E-state index contributed by atoms with van der Waals surface area (Å²) < 4.78 is 0. The van der Waals surface area contributed by atoms with Gasteiger partial charge in [0, 0.05) is 12.8 Å². The second kappa shape index (κ2) is 14.1. The Labute approximate surface area is 207 Å². The highest BCUT2D eigenvalue weighted by Gasteiger charge is 2.31. The Morgan fingerprint density at radius 3 is 2.03 bits per heavy atom. The van der Waals surface area contributed by atoms with Gasteiger partial charge in [0.1, 0.15) is 17.8 Å². The second-order valence-electron chi connectivity index (χ2n) is 8.79. The molecule has 2 rings (SSSR count). The van der Waals surface area contributed by atoms with Gasteiger partial charge in [-0.05, 0) is 35.6 Å². The first-order valence-corrected chi connectivity index (χ1v) is 12.1. The molecule has 4 unspecified atom stereocenters. The Kier molecular flexibility index (Phi) is 11.2. The molecule has 5 N–H and O–H groups in total. The highest BCUT2D eigenvalue weighted by Crippen LogP contribution is 2.14. The van der Waals surface area contributed by atoms with Crippen molar-refractivity contribution in [3.63, 3.8) is 0 Å². The molecule has 0 aliphatic carbocycles. The minimum atomic E-state index is -0.885. The lowest BCUT2D eigenvalue weighted by Gasteiger charge is -2.28. The molecular formula is C27H37N3O5. The summed E-state index contributed by atoms with van der Waals surface area (Å²) in [7, 11) is 0. The average Bonchev–Trinajstić information content (AvgIpc) is 2.87. The van der Waals surface area contributed by atoms with Crippen LogP contribution >= 0.6 is 0 Å². The lowest BCUT2D eigenvalue weighted by Crippen LogP contribution is -2.57. The van der Waals surface area contributed by atoms with Crippen LogP contribution in [0, 0.1) is 5.92 Å². The quantitative estimate of drug-likeness (QED) is 0.298. The molecule has 3 amide bonds. The average molecular weight is 484 g/mol. The SMILES string of the molecule is CCC(=O)NC(Cc1ccc(O)cc1)C(=O)NC(C(=O)NC(CO)Cc1ccccc1)C(C)CC. The van der Waals surface area contributed by atoms with Crippen molar-refractivity contribution in [3.05, 3.63) is 65.7 Å². The van der Waals surface area contributed by atoms with Crippen molar-refractivity contribution in [2.75, 3.05) is 6.61 Å². The van der Waals surface area contributed by atoms with Gasteiger partial charge >= 0.3 is 0 Å². The van der Waals surface area contributed by atoms with E-state index < -0.39 is 24.0 Å². The van der Waals surface area contributed by atoms with Crippen LogP contribution in [0.2, 0.25) is 0 Å². The predicted octanol–water partition coefficient (Wildman–Crippen LogP) is 2.08. The van der Waals surface area contributed by atoms with Gasteiger partial charge in [0.05, 0.1) is 12.6 Å². The van der Waals surface area contributed by atoms with Crippen LogP contribution in [0.5, 0.6) is 5.75 Å². The molecule has 0 saturated carbocycles. The second-order valence-corrected chi connectivity index (χ2v) is 8.79. The lowest BCUT2D eigenvalue weighted by molar-refractivity contribution is -0.133. The van der Waals surface area contributed by atoms with Gasteiger partial charge < -0.3 is 26.2 Å². The molecular weight excluding hydrogens is 446 g/mol. The summed E-state index contributed by atoms with van der Waals surface area (Å²) in [6.45, 7) is 5.26. The van der Waals surface area contributed by atoms with E-state index in [0.29, 0.717) is 12.8 Å². The molecule has 0 fully saturated rings. The summed E-state index contributed by atoms with van der Waals surface area (Å²) in [6, 6.07) is 13.7. The van der Waals surface area contributed by atoms with Crippen LogP contribution in [0.1, 0.15) is 44.7 Å². The van der Waals surface area contributed by atoms with E-state index in [9.17, 15) is 24.6 Å². The zero-order chi connectivity index (χ0) is 25.8. The number of carbonyl (C=O) groups excluding carboxylic acids is 3. The van der Waals surface area contributed by atoms with Crippen molar-refractivity contribution in [3.8, 4) is 5.75 Å².